The molecule has 0 bridgehead atoms. The van der Waals surface area contributed by atoms with Crippen LogP contribution >= 0.6 is 0 Å². The Balaban J connectivity index is 1.50. The molecule has 1 aliphatic heterocycles. The van der Waals surface area contributed by atoms with Crippen LogP contribution in [-0.2, 0) is 13.0 Å². The van der Waals surface area contributed by atoms with Crippen LogP contribution in [0, 0.1) is 26.7 Å². The number of hydrogen-bond acceptors (Lipinski definition) is 3. The molecular formula is C31H39NO2. The summed E-state index contributed by atoms with van der Waals surface area (Å²) in [6.07, 6.45) is 3.56. The zero-order valence-corrected chi connectivity index (χ0v) is 21.5. The Kier molecular flexibility index (Phi) is 7.95. The van der Waals surface area contributed by atoms with Gasteiger partial charge in [0.25, 0.3) is 0 Å². The van der Waals surface area contributed by atoms with Crippen molar-refractivity contribution >= 4 is 0 Å². The highest BCUT2D eigenvalue weighted by Gasteiger charge is 2.19. The summed E-state index contributed by atoms with van der Waals surface area (Å²) in [6, 6.07) is 19.4. The molecule has 1 atom stereocenters. The topological polar surface area (TPSA) is 21.7 Å². The molecule has 0 saturated carbocycles. The molecule has 0 aliphatic carbocycles. The fourth-order valence-electron chi connectivity index (χ4n) is 5.06. The van der Waals surface area contributed by atoms with E-state index in [1.54, 1.807) is 0 Å². The highest BCUT2D eigenvalue weighted by Crippen LogP contribution is 2.34. The summed E-state index contributed by atoms with van der Waals surface area (Å²) in [4.78, 5) is 2.41. The summed E-state index contributed by atoms with van der Waals surface area (Å²) >= 11 is 0. The van der Waals surface area contributed by atoms with E-state index in [9.17, 15) is 0 Å². The molecule has 0 radical (unpaired) electrons. The van der Waals surface area contributed by atoms with Gasteiger partial charge in [0.05, 0.1) is 6.61 Å². The number of hydrogen-bond donors (Lipinski definition) is 0. The molecule has 1 aliphatic rings. The van der Waals surface area contributed by atoms with Gasteiger partial charge in [0.2, 0.25) is 0 Å². The van der Waals surface area contributed by atoms with Crippen molar-refractivity contribution in [3.63, 3.8) is 0 Å². The first-order chi connectivity index (χ1) is 16.5. The molecule has 0 N–H and O–H groups in total. The smallest absolute Gasteiger partial charge is 0.122 e. The van der Waals surface area contributed by atoms with Crippen molar-refractivity contribution in [2.45, 2.75) is 53.6 Å². The molecule has 0 aromatic heterocycles. The molecular weight excluding hydrogens is 418 g/mol. The van der Waals surface area contributed by atoms with Gasteiger partial charge in [-0.2, -0.15) is 0 Å². The van der Waals surface area contributed by atoms with Crippen LogP contribution in [0.3, 0.4) is 0 Å². The fourth-order valence-corrected chi connectivity index (χ4v) is 5.06. The Morgan fingerprint density at radius 2 is 1.65 bits per heavy atom. The molecule has 0 spiro atoms. The van der Waals surface area contributed by atoms with Gasteiger partial charge in [-0.05, 0) is 105 Å². The maximum absolute atomic E-state index is 6.34. The van der Waals surface area contributed by atoms with E-state index in [-0.39, 0.29) is 0 Å². The van der Waals surface area contributed by atoms with Crippen LogP contribution in [0.2, 0.25) is 0 Å². The molecule has 3 nitrogen and oxygen atoms in total. The van der Waals surface area contributed by atoms with Crippen LogP contribution in [0.25, 0.3) is 11.1 Å². The maximum atomic E-state index is 6.34. The third kappa shape index (κ3) is 5.64. The molecule has 1 unspecified atom stereocenters. The summed E-state index contributed by atoms with van der Waals surface area (Å²) in [6.45, 7) is 12.4. The second-order valence-corrected chi connectivity index (χ2v) is 9.84. The number of nitrogens with zero attached hydrogens (tertiary/aromatic N) is 1. The maximum Gasteiger partial charge on any atom is 0.122 e. The number of ether oxygens (including phenoxy) is 2. The van der Waals surface area contributed by atoms with Crippen molar-refractivity contribution in [1.82, 2.24) is 4.90 Å². The molecule has 3 aromatic rings. The summed E-state index contributed by atoms with van der Waals surface area (Å²) in [5, 5.41) is 0. The lowest BCUT2D eigenvalue weighted by molar-refractivity contribution is 0.150. The Labute approximate surface area is 205 Å². The van der Waals surface area contributed by atoms with E-state index in [0.29, 0.717) is 12.5 Å². The first-order valence-corrected chi connectivity index (χ1v) is 12.7. The summed E-state index contributed by atoms with van der Waals surface area (Å²) in [5.74, 6) is 2.57. The van der Waals surface area contributed by atoms with Crippen molar-refractivity contribution in [3.05, 3.63) is 82.4 Å². The van der Waals surface area contributed by atoms with E-state index in [4.69, 9.17) is 9.47 Å². The highest BCUT2D eigenvalue weighted by atomic mass is 16.5. The van der Waals surface area contributed by atoms with Gasteiger partial charge in [-0.1, -0.05) is 49.4 Å². The van der Waals surface area contributed by atoms with Gasteiger partial charge >= 0.3 is 0 Å². The summed E-state index contributed by atoms with van der Waals surface area (Å²) in [5.41, 5.74) is 8.71. The second kappa shape index (κ2) is 11.1. The van der Waals surface area contributed by atoms with Crippen molar-refractivity contribution < 1.29 is 9.47 Å². The van der Waals surface area contributed by atoms with Gasteiger partial charge in [0.1, 0.15) is 18.1 Å². The van der Waals surface area contributed by atoms with Crippen molar-refractivity contribution in [1.29, 1.82) is 0 Å². The van der Waals surface area contributed by atoms with Crippen molar-refractivity contribution in [2.24, 2.45) is 5.92 Å². The number of likely N-dealkylation sites (tertiary alicyclic amines) is 1. The lowest BCUT2D eigenvalue weighted by Crippen LogP contribution is -2.34. The molecule has 1 fully saturated rings. The molecule has 4 rings (SSSR count). The van der Waals surface area contributed by atoms with Crippen LogP contribution in [-0.4, -0.2) is 31.6 Å². The van der Waals surface area contributed by atoms with Gasteiger partial charge in [-0.3, -0.25) is 0 Å². The predicted molar refractivity (Wildman–Crippen MR) is 142 cm³/mol. The van der Waals surface area contributed by atoms with Gasteiger partial charge in [-0.15, -0.1) is 0 Å². The summed E-state index contributed by atoms with van der Waals surface area (Å²) in [7, 11) is 2.21. The van der Waals surface area contributed by atoms with Gasteiger partial charge in [-0.25, -0.2) is 0 Å². The first-order valence-electron chi connectivity index (χ1n) is 12.7. The molecule has 3 aromatic carbocycles. The van der Waals surface area contributed by atoms with Crippen LogP contribution in [0.15, 0.2) is 54.6 Å². The van der Waals surface area contributed by atoms with E-state index in [1.807, 2.05) is 0 Å². The van der Waals surface area contributed by atoms with E-state index < -0.39 is 0 Å². The van der Waals surface area contributed by atoms with E-state index >= 15 is 0 Å². The largest absolute Gasteiger partial charge is 0.493 e. The monoisotopic (exact) mass is 457 g/mol. The van der Waals surface area contributed by atoms with Crippen molar-refractivity contribution in [3.8, 4) is 22.6 Å². The zero-order chi connectivity index (χ0) is 24.1. The molecule has 1 saturated heterocycles. The molecule has 34 heavy (non-hydrogen) atoms. The van der Waals surface area contributed by atoms with Crippen LogP contribution in [0.1, 0.15) is 47.6 Å². The third-order valence-electron chi connectivity index (χ3n) is 7.25. The average molecular weight is 458 g/mol. The molecule has 0 amide bonds. The minimum absolute atomic E-state index is 0.566. The molecule has 3 heteroatoms. The van der Waals surface area contributed by atoms with Crippen LogP contribution in [0.5, 0.6) is 11.5 Å². The normalized spacial score (nSPS) is 16.4. The highest BCUT2D eigenvalue weighted by molar-refractivity contribution is 5.73. The number of rotatable bonds is 8. The van der Waals surface area contributed by atoms with E-state index in [2.05, 4.69) is 94.2 Å². The Morgan fingerprint density at radius 1 is 0.882 bits per heavy atom. The number of aryl methyl sites for hydroxylation is 2. The second-order valence-electron chi connectivity index (χ2n) is 9.84. The van der Waals surface area contributed by atoms with Crippen LogP contribution in [0.4, 0.5) is 0 Å². The number of benzene rings is 3. The van der Waals surface area contributed by atoms with Crippen LogP contribution < -0.4 is 9.47 Å². The minimum atomic E-state index is 0.566. The van der Waals surface area contributed by atoms with E-state index in [0.717, 1.165) is 31.1 Å². The molecule has 180 valence electrons. The van der Waals surface area contributed by atoms with Crippen molar-refractivity contribution in [2.75, 3.05) is 26.7 Å². The lowest BCUT2D eigenvalue weighted by atomic mass is 9.93. The minimum Gasteiger partial charge on any atom is -0.493 e. The first kappa shape index (κ1) is 24.3. The van der Waals surface area contributed by atoms with Gasteiger partial charge in [0.15, 0.2) is 0 Å². The van der Waals surface area contributed by atoms with Gasteiger partial charge < -0.3 is 14.4 Å². The zero-order valence-electron chi connectivity index (χ0n) is 21.5. The molecule has 1 heterocycles. The average Bonchev–Trinajstić information content (AvgIpc) is 2.83. The SMILES string of the molecule is CCc1ccc(OCc2cccc(-c3cccc(OCC4CCCN(C)C4)c3C)c2C)c(C)c1. The van der Waals surface area contributed by atoms with Gasteiger partial charge in [0, 0.05) is 12.5 Å². The van der Waals surface area contributed by atoms with E-state index in [1.165, 1.54) is 58.3 Å². The lowest BCUT2D eigenvalue weighted by Gasteiger charge is -2.29. The Morgan fingerprint density at radius 3 is 2.38 bits per heavy atom. The third-order valence-corrected chi connectivity index (χ3v) is 7.25. The Bertz CT molecular complexity index is 1120. The summed E-state index contributed by atoms with van der Waals surface area (Å²) < 4.78 is 12.6. The predicted octanol–water partition coefficient (Wildman–Crippen LogP) is 7.14. The standard InChI is InChI=1S/C31H39NO2/c1-6-25-15-16-30(22(2)18-25)34-21-27-11-7-12-28(23(27)3)29-13-8-14-31(24(29)4)33-20-26-10-9-17-32(5)19-26/h7-8,11-16,18,26H,6,9-10,17,19-21H2,1-5H3. The Hall–Kier alpha value is -2.78. The number of piperidine rings is 1. The fraction of sp³-hybridized carbons (Fsp3) is 0.419. The quantitative estimate of drug-likeness (QED) is 0.359.